The summed E-state index contributed by atoms with van der Waals surface area (Å²) < 4.78 is 2.20. The van der Waals surface area contributed by atoms with Crippen molar-refractivity contribution in [1.29, 1.82) is 0 Å². The highest BCUT2D eigenvalue weighted by Gasteiger charge is 2.32. The lowest BCUT2D eigenvalue weighted by Crippen LogP contribution is -2.39. The molecule has 0 aromatic carbocycles. The monoisotopic (exact) mass is 283 g/mol. The molecule has 21 heavy (non-hydrogen) atoms. The molecule has 1 aliphatic heterocycles. The van der Waals surface area contributed by atoms with Gasteiger partial charge in [-0.1, -0.05) is 0 Å². The van der Waals surface area contributed by atoms with E-state index in [1.807, 2.05) is 17.0 Å². The van der Waals surface area contributed by atoms with Crippen molar-refractivity contribution in [3.05, 3.63) is 41.7 Å². The number of carbonyl (C=O) groups excluding carboxylic acids is 1. The van der Waals surface area contributed by atoms with Crippen LogP contribution in [0.15, 0.2) is 24.5 Å². The molecule has 0 saturated heterocycles. The maximum absolute atomic E-state index is 12.4. The van der Waals surface area contributed by atoms with Crippen molar-refractivity contribution in [2.45, 2.75) is 38.3 Å². The number of hydrogen-bond acceptors (Lipinski definition) is 4. The van der Waals surface area contributed by atoms with E-state index >= 15 is 0 Å². The predicted octanol–water partition coefficient (Wildman–Crippen LogP) is 1.14. The van der Waals surface area contributed by atoms with Gasteiger partial charge >= 0.3 is 0 Å². The van der Waals surface area contributed by atoms with E-state index in [2.05, 4.69) is 19.7 Å². The summed E-state index contributed by atoms with van der Waals surface area (Å²) in [4.78, 5) is 18.2. The van der Waals surface area contributed by atoms with E-state index in [9.17, 15) is 4.79 Å². The normalized spacial score (nSPS) is 17.6. The Balaban J connectivity index is 1.46. The summed E-state index contributed by atoms with van der Waals surface area (Å²) in [6.45, 7) is 2.13. The maximum atomic E-state index is 12.4. The second-order valence-corrected chi connectivity index (χ2v) is 5.75. The molecule has 0 N–H and O–H groups in total. The zero-order valence-electron chi connectivity index (χ0n) is 11.8. The molecule has 6 nitrogen and oxygen atoms in total. The lowest BCUT2D eigenvalue weighted by molar-refractivity contribution is -0.132. The molecule has 0 unspecified atom stereocenters. The van der Waals surface area contributed by atoms with Crippen LogP contribution in [-0.4, -0.2) is 37.1 Å². The van der Waals surface area contributed by atoms with Crippen LogP contribution in [0.3, 0.4) is 0 Å². The van der Waals surface area contributed by atoms with E-state index in [0.717, 1.165) is 30.3 Å². The fraction of sp³-hybridized carbons (Fsp3) is 0.467. The maximum Gasteiger partial charge on any atom is 0.227 e. The summed E-state index contributed by atoms with van der Waals surface area (Å²) >= 11 is 0. The zero-order chi connectivity index (χ0) is 14.2. The molecule has 4 rings (SSSR count). The largest absolute Gasteiger partial charge is 0.333 e. The number of hydrogen-bond donors (Lipinski definition) is 0. The van der Waals surface area contributed by atoms with Gasteiger partial charge in [0.2, 0.25) is 5.91 Å². The van der Waals surface area contributed by atoms with Crippen molar-refractivity contribution in [2.24, 2.45) is 0 Å². The van der Waals surface area contributed by atoms with Crippen molar-refractivity contribution >= 4 is 5.91 Å². The number of aromatic nitrogens is 4. The van der Waals surface area contributed by atoms with Crippen molar-refractivity contribution < 1.29 is 4.79 Å². The lowest BCUT2D eigenvalue weighted by Gasteiger charge is -2.28. The molecule has 108 valence electrons. The van der Waals surface area contributed by atoms with Gasteiger partial charge in [0.1, 0.15) is 5.82 Å². The Hall–Kier alpha value is -2.24. The smallest absolute Gasteiger partial charge is 0.227 e. The van der Waals surface area contributed by atoms with E-state index in [0.29, 0.717) is 18.9 Å². The Kier molecular flexibility index (Phi) is 2.94. The third-order valence-corrected chi connectivity index (χ3v) is 4.18. The lowest BCUT2D eigenvalue weighted by atomic mass is 10.1. The van der Waals surface area contributed by atoms with E-state index in [1.165, 1.54) is 12.8 Å². The van der Waals surface area contributed by atoms with Gasteiger partial charge in [-0.3, -0.25) is 9.78 Å². The SMILES string of the molecule is O=C(Cc1ccncc1)N1CCn2c(nnc2C2CC2)C1. The number of rotatable bonds is 3. The fourth-order valence-corrected chi connectivity index (χ4v) is 2.82. The highest BCUT2D eigenvalue weighted by Crippen LogP contribution is 2.39. The first-order valence-corrected chi connectivity index (χ1v) is 7.40. The molecule has 0 bridgehead atoms. The number of carbonyl (C=O) groups is 1. The molecule has 0 radical (unpaired) electrons. The Morgan fingerprint density at radius 2 is 2.00 bits per heavy atom. The van der Waals surface area contributed by atoms with Gasteiger partial charge in [-0.2, -0.15) is 0 Å². The van der Waals surface area contributed by atoms with Crippen LogP contribution in [0.25, 0.3) is 0 Å². The summed E-state index contributed by atoms with van der Waals surface area (Å²) in [6.07, 6.45) is 6.31. The van der Waals surface area contributed by atoms with Crippen molar-refractivity contribution in [3.63, 3.8) is 0 Å². The molecule has 3 heterocycles. The van der Waals surface area contributed by atoms with E-state index in [4.69, 9.17) is 0 Å². The van der Waals surface area contributed by atoms with Gasteiger partial charge in [0.25, 0.3) is 0 Å². The quantitative estimate of drug-likeness (QED) is 0.847. The van der Waals surface area contributed by atoms with Gasteiger partial charge in [0.05, 0.1) is 13.0 Å². The molecule has 1 saturated carbocycles. The molecular weight excluding hydrogens is 266 g/mol. The van der Waals surface area contributed by atoms with Crippen LogP contribution >= 0.6 is 0 Å². The van der Waals surface area contributed by atoms with Crippen LogP contribution in [0, 0.1) is 0 Å². The number of pyridine rings is 1. The summed E-state index contributed by atoms with van der Waals surface area (Å²) in [5, 5.41) is 8.57. The predicted molar refractivity (Wildman–Crippen MR) is 75.4 cm³/mol. The van der Waals surface area contributed by atoms with Crippen molar-refractivity contribution in [1.82, 2.24) is 24.6 Å². The minimum atomic E-state index is 0.142. The average molecular weight is 283 g/mol. The third-order valence-electron chi connectivity index (χ3n) is 4.18. The van der Waals surface area contributed by atoms with E-state index in [1.54, 1.807) is 12.4 Å². The van der Waals surface area contributed by atoms with Gasteiger partial charge in [-0.25, -0.2) is 0 Å². The first-order chi connectivity index (χ1) is 10.3. The summed E-state index contributed by atoms with van der Waals surface area (Å²) in [5.74, 6) is 2.78. The van der Waals surface area contributed by atoms with E-state index < -0.39 is 0 Å². The Labute approximate surface area is 122 Å². The Bertz CT molecular complexity index is 662. The standard InChI is InChI=1S/C15H17N5O/c21-14(9-11-3-5-16-6-4-11)19-7-8-20-13(10-19)17-18-15(20)12-1-2-12/h3-6,12H,1-2,7-10H2. The molecule has 2 aliphatic rings. The molecule has 2 aromatic heterocycles. The highest BCUT2D eigenvalue weighted by molar-refractivity contribution is 5.78. The Morgan fingerprint density at radius 1 is 1.19 bits per heavy atom. The van der Waals surface area contributed by atoms with Crippen molar-refractivity contribution in [2.75, 3.05) is 6.54 Å². The van der Waals surface area contributed by atoms with Gasteiger partial charge < -0.3 is 9.47 Å². The van der Waals surface area contributed by atoms with Crippen LogP contribution in [-0.2, 0) is 24.3 Å². The molecule has 1 amide bonds. The first kappa shape index (κ1) is 12.5. The summed E-state index contributed by atoms with van der Waals surface area (Å²) in [7, 11) is 0. The van der Waals surface area contributed by atoms with Gasteiger partial charge in [0.15, 0.2) is 5.82 Å². The summed E-state index contributed by atoms with van der Waals surface area (Å²) in [5.41, 5.74) is 1.00. The minimum absolute atomic E-state index is 0.142. The molecule has 6 heteroatoms. The van der Waals surface area contributed by atoms with Crippen LogP contribution in [0.1, 0.15) is 36.0 Å². The van der Waals surface area contributed by atoms with E-state index in [-0.39, 0.29) is 5.91 Å². The highest BCUT2D eigenvalue weighted by atomic mass is 16.2. The molecule has 0 spiro atoms. The molecular formula is C15H17N5O. The van der Waals surface area contributed by atoms with Gasteiger partial charge in [0, 0.05) is 31.4 Å². The van der Waals surface area contributed by atoms with Crippen molar-refractivity contribution in [3.8, 4) is 0 Å². The summed E-state index contributed by atoms with van der Waals surface area (Å²) in [6, 6.07) is 3.77. The zero-order valence-corrected chi connectivity index (χ0v) is 11.8. The molecule has 0 atom stereocenters. The topological polar surface area (TPSA) is 63.9 Å². The van der Waals surface area contributed by atoms with Crippen LogP contribution in [0.4, 0.5) is 0 Å². The third kappa shape index (κ3) is 2.41. The second-order valence-electron chi connectivity index (χ2n) is 5.75. The van der Waals surface area contributed by atoms with Gasteiger partial charge in [-0.15, -0.1) is 10.2 Å². The second kappa shape index (κ2) is 4.95. The number of fused-ring (bicyclic) bond motifs is 1. The van der Waals surface area contributed by atoms with Crippen LogP contribution in [0.5, 0.6) is 0 Å². The first-order valence-electron chi connectivity index (χ1n) is 7.40. The Morgan fingerprint density at radius 3 is 2.76 bits per heavy atom. The minimum Gasteiger partial charge on any atom is -0.333 e. The van der Waals surface area contributed by atoms with Crippen LogP contribution in [0.2, 0.25) is 0 Å². The molecule has 1 fully saturated rings. The molecule has 2 aromatic rings. The molecule has 1 aliphatic carbocycles. The van der Waals surface area contributed by atoms with Crippen LogP contribution < -0.4 is 0 Å². The fourth-order valence-electron chi connectivity index (χ4n) is 2.82. The number of amides is 1. The number of nitrogens with zero attached hydrogens (tertiary/aromatic N) is 5. The van der Waals surface area contributed by atoms with Gasteiger partial charge in [-0.05, 0) is 30.5 Å². The average Bonchev–Trinajstić information content (AvgIpc) is 3.27.